The number of esters is 1. The van der Waals surface area contributed by atoms with Crippen LogP contribution in [-0.2, 0) is 32.0 Å². The van der Waals surface area contributed by atoms with Crippen molar-refractivity contribution >= 4 is 46.0 Å². The molecule has 0 radical (unpaired) electrons. The molecule has 10 nitrogen and oxygen atoms in total. The van der Waals surface area contributed by atoms with Crippen LogP contribution in [0.3, 0.4) is 0 Å². The maximum absolute atomic E-state index is 14.6. The third-order valence-corrected chi connectivity index (χ3v) is 7.85. The van der Waals surface area contributed by atoms with E-state index in [1.54, 1.807) is 70.3 Å². The van der Waals surface area contributed by atoms with Gasteiger partial charge in [0.15, 0.2) is 0 Å². The highest BCUT2D eigenvalue weighted by atomic mass is 16.6. The number of methoxy groups -OCH3 is 1. The van der Waals surface area contributed by atoms with E-state index in [9.17, 15) is 19.2 Å². The second-order valence-electron chi connectivity index (χ2n) is 12.8. The summed E-state index contributed by atoms with van der Waals surface area (Å²) in [4.78, 5) is 60.3. The third-order valence-electron chi connectivity index (χ3n) is 7.85. The standard InChI is InChI=1S/C36H40N4O6/c1-21(2)32(34(43)38-24-14-16-25(45-6)17-15-24)40-29-13-9-10-22(19-30(41)46-36(3,4)5)31(29)33(42)39-28(35(40)44)18-23-20-37-27-12-8-7-11-26(23)27/h7-17,20-21,28,32,37H,18-19H2,1-6H3,(H,38,43)(H,39,42)/t28-,32?/m1/s1. The Morgan fingerprint density at radius 3 is 2.35 bits per heavy atom. The van der Waals surface area contributed by atoms with Crippen molar-refractivity contribution in [3.05, 3.63) is 89.6 Å². The van der Waals surface area contributed by atoms with E-state index in [-0.39, 0.29) is 30.0 Å². The summed E-state index contributed by atoms with van der Waals surface area (Å²) in [6.07, 6.45) is 1.83. The van der Waals surface area contributed by atoms with Crippen LogP contribution < -0.4 is 20.3 Å². The second-order valence-corrected chi connectivity index (χ2v) is 12.8. The van der Waals surface area contributed by atoms with Gasteiger partial charge in [-0.15, -0.1) is 0 Å². The van der Waals surface area contributed by atoms with Gasteiger partial charge < -0.3 is 25.1 Å². The Hall–Kier alpha value is -5.12. The number of nitrogens with zero attached hydrogens (tertiary/aromatic N) is 1. The molecule has 10 heteroatoms. The molecule has 2 atom stereocenters. The van der Waals surface area contributed by atoms with Crippen LogP contribution in [-0.4, -0.2) is 53.5 Å². The van der Waals surface area contributed by atoms with Gasteiger partial charge in [-0.2, -0.15) is 0 Å². The van der Waals surface area contributed by atoms with Gasteiger partial charge in [0.1, 0.15) is 23.4 Å². The molecule has 3 N–H and O–H groups in total. The molecule has 3 aromatic carbocycles. The van der Waals surface area contributed by atoms with Crippen molar-refractivity contribution in [2.75, 3.05) is 17.3 Å². The molecule has 0 bridgehead atoms. The number of rotatable bonds is 9. The zero-order valence-corrected chi connectivity index (χ0v) is 27.0. The Balaban J connectivity index is 1.59. The lowest BCUT2D eigenvalue weighted by Crippen LogP contribution is -2.55. The van der Waals surface area contributed by atoms with Gasteiger partial charge in [0.25, 0.3) is 11.8 Å². The van der Waals surface area contributed by atoms with Crippen molar-refractivity contribution in [2.45, 2.75) is 65.1 Å². The van der Waals surface area contributed by atoms with Crippen LogP contribution in [0.1, 0.15) is 56.1 Å². The fourth-order valence-corrected chi connectivity index (χ4v) is 5.86. The molecular weight excluding hydrogens is 584 g/mol. The molecule has 1 aromatic heterocycles. The highest BCUT2D eigenvalue weighted by Crippen LogP contribution is 2.33. The molecule has 240 valence electrons. The summed E-state index contributed by atoms with van der Waals surface area (Å²) in [7, 11) is 1.56. The van der Waals surface area contributed by atoms with Crippen molar-refractivity contribution < 1.29 is 28.7 Å². The molecule has 1 unspecified atom stereocenters. The molecule has 1 aliphatic rings. The van der Waals surface area contributed by atoms with E-state index in [1.807, 2.05) is 44.3 Å². The van der Waals surface area contributed by atoms with Gasteiger partial charge in [0.05, 0.1) is 24.8 Å². The Labute approximate surface area is 268 Å². The molecule has 0 saturated carbocycles. The average molecular weight is 625 g/mol. The minimum absolute atomic E-state index is 0.158. The van der Waals surface area contributed by atoms with E-state index < -0.39 is 41.4 Å². The number of carbonyl (C=O) groups is 4. The first-order valence-electron chi connectivity index (χ1n) is 15.3. The monoisotopic (exact) mass is 624 g/mol. The smallest absolute Gasteiger partial charge is 0.310 e. The fraction of sp³-hybridized carbons (Fsp3) is 0.333. The molecule has 1 aliphatic heterocycles. The van der Waals surface area contributed by atoms with Crippen LogP contribution in [0.25, 0.3) is 10.9 Å². The third kappa shape index (κ3) is 6.91. The highest BCUT2D eigenvalue weighted by Gasteiger charge is 2.42. The number of fused-ring (bicyclic) bond motifs is 2. The van der Waals surface area contributed by atoms with E-state index in [2.05, 4.69) is 15.6 Å². The molecule has 0 aliphatic carbocycles. The van der Waals surface area contributed by atoms with Crippen LogP contribution in [0.4, 0.5) is 11.4 Å². The molecule has 4 aromatic rings. The summed E-state index contributed by atoms with van der Waals surface area (Å²) < 4.78 is 10.8. The van der Waals surface area contributed by atoms with Crippen LogP contribution in [0.5, 0.6) is 5.75 Å². The number of aromatic amines is 1. The number of anilines is 2. The molecule has 0 fully saturated rings. The Kier molecular flexibility index (Phi) is 9.18. The van der Waals surface area contributed by atoms with Crippen LogP contribution >= 0.6 is 0 Å². The molecule has 2 heterocycles. The summed E-state index contributed by atoms with van der Waals surface area (Å²) in [6, 6.07) is 17.6. The lowest BCUT2D eigenvalue weighted by Gasteiger charge is -2.35. The summed E-state index contributed by atoms with van der Waals surface area (Å²) in [5.74, 6) is -1.59. The van der Waals surface area contributed by atoms with Crippen molar-refractivity contribution in [2.24, 2.45) is 5.92 Å². The molecule has 5 rings (SSSR count). The van der Waals surface area contributed by atoms with Gasteiger partial charge in [-0.05, 0) is 74.2 Å². The number of carbonyl (C=O) groups excluding carboxylic acids is 4. The zero-order chi connectivity index (χ0) is 33.2. The quantitative estimate of drug-likeness (QED) is 0.214. The SMILES string of the molecule is COc1ccc(NC(=O)C(C(C)C)N2C(=O)[C@@H](Cc3c[nH]c4ccccc34)NC(=O)c3c(CC(=O)OC(C)(C)C)cccc32)cc1. The predicted molar refractivity (Wildman–Crippen MR) is 177 cm³/mol. The summed E-state index contributed by atoms with van der Waals surface area (Å²) in [6.45, 7) is 9.02. The van der Waals surface area contributed by atoms with Gasteiger partial charge in [0, 0.05) is 29.2 Å². The van der Waals surface area contributed by atoms with Crippen molar-refractivity contribution in [3.8, 4) is 5.75 Å². The number of amides is 3. The zero-order valence-electron chi connectivity index (χ0n) is 27.0. The van der Waals surface area contributed by atoms with Gasteiger partial charge in [-0.25, -0.2) is 0 Å². The number of nitrogens with one attached hydrogen (secondary N) is 3. The minimum Gasteiger partial charge on any atom is -0.497 e. The van der Waals surface area contributed by atoms with Crippen molar-refractivity contribution in [1.29, 1.82) is 0 Å². The normalized spacial score (nSPS) is 15.6. The number of hydrogen-bond acceptors (Lipinski definition) is 6. The van der Waals surface area contributed by atoms with Gasteiger partial charge in [-0.3, -0.25) is 24.1 Å². The fourth-order valence-electron chi connectivity index (χ4n) is 5.86. The number of para-hydroxylation sites is 1. The first-order valence-corrected chi connectivity index (χ1v) is 15.3. The van der Waals surface area contributed by atoms with E-state index in [4.69, 9.17) is 9.47 Å². The van der Waals surface area contributed by atoms with Gasteiger partial charge >= 0.3 is 5.97 Å². The maximum atomic E-state index is 14.6. The summed E-state index contributed by atoms with van der Waals surface area (Å²) in [5, 5.41) is 6.80. The average Bonchev–Trinajstić information content (AvgIpc) is 3.36. The van der Waals surface area contributed by atoms with Crippen LogP contribution in [0, 0.1) is 5.92 Å². The van der Waals surface area contributed by atoms with Gasteiger partial charge in [-0.1, -0.05) is 44.2 Å². The predicted octanol–water partition coefficient (Wildman–Crippen LogP) is 5.41. The largest absolute Gasteiger partial charge is 0.497 e. The number of aromatic nitrogens is 1. The summed E-state index contributed by atoms with van der Waals surface area (Å²) in [5.41, 5.74) is 2.37. The first kappa shape index (κ1) is 32.3. The first-order chi connectivity index (χ1) is 21.9. The van der Waals surface area contributed by atoms with Crippen molar-refractivity contribution in [3.63, 3.8) is 0 Å². The highest BCUT2D eigenvalue weighted by molar-refractivity contribution is 6.15. The van der Waals surface area contributed by atoms with E-state index in [1.165, 1.54) is 4.90 Å². The maximum Gasteiger partial charge on any atom is 0.310 e. The van der Waals surface area contributed by atoms with Gasteiger partial charge in [0.2, 0.25) is 5.91 Å². The summed E-state index contributed by atoms with van der Waals surface area (Å²) >= 11 is 0. The van der Waals surface area contributed by atoms with E-state index >= 15 is 0 Å². The number of hydrogen-bond donors (Lipinski definition) is 3. The molecule has 0 saturated heterocycles. The van der Waals surface area contributed by atoms with Crippen LogP contribution in [0.2, 0.25) is 0 Å². The van der Waals surface area contributed by atoms with Crippen molar-refractivity contribution in [1.82, 2.24) is 10.3 Å². The molecule has 46 heavy (non-hydrogen) atoms. The molecule has 0 spiro atoms. The Morgan fingerprint density at radius 1 is 0.957 bits per heavy atom. The Morgan fingerprint density at radius 2 is 1.67 bits per heavy atom. The topological polar surface area (TPSA) is 130 Å². The number of benzene rings is 3. The van der Waals surface area contributed by atoms with Crippen LogP contribution in [0.15, 0.2) is 72.9 Å². The van der Waals surface area contributed by atoms with E-state index in [0.29, 0.717) is 17.0 Å². The lowest BCUT2D eigenvalue weighted by molar-refractivity contribution is -0.153. The second kappa shape index (κ2) is 13.1. The minimum atomic E-state index is -0.997. The Bertz CT molecular complexity index is 1770. The van der Waals surface area contributed by atoms with E-state index in [0.717, 1.165) is 16.5 Å². The number of H-pyrrole nitrogens is 1. The molecule has 3 amide bonds. The molecular formula is C36H40N4O6. The number of ether oxygens (including phenoxy) is 2. The lowest BCUT2D eigenvalue weighted by atomic mass is 9.96.